The van der Waals surface area contributed by atoms with Crippen molar-refractivity contribution >= 4 is 5.97 Å². The lowest BCUT2D eigenvalue weighted by Gasteiger charge is -2.46. The fourth-order valence-electron chi connectivity index (χ4n) is 3.21. The van der Waals surface area contributed by atoms with Gasteiger partial charge in [-0.1, -0.05) is 0 Å². The molecule has 0 radical (unpaired) electrons. The molecule has 4 nitrogen and oxygen atoms in total. The van der Waals surface area contributed by atoms with E-state index in [0.717, 1.165) is 25.7 Å². The van der Waals surface area contributed by atoms with Gasteiger partial charge >= 0.3 is 5.97 Å². The molecule has 4 heteroatoms. The van der Waals surface area contributed by atoms with Crippen LogP contribution in [0.1, 0.15) is 32.6 Å². The Bertz CT molecular complexity index is 236. The molecule has 2 bridgehead atoms. The molecule has 0 aromatic rings. The molecule has 0 unspecified atom stereocenters. The molecule has 3 rings (SSSR count). The fourth-order valence-corrected chi connectivity index (χ4v) is 3.21. The van der Waals surface area contributed by atoms with Gasteiger partial charge in [-0.3, -0.25) is 4.79 Å². The number of hydroxylamine groups is 1. The van der Waals surface area contributed by atoms with E-state index in [1.165, 1.54) is 0 Å². The number of ether oxygens (including phenoxy) is 1. The highest BCUT2D eigenvalue weighted by Gasteiger charge is 2.47. The van der Waals surface area contributed by atoms with Crippen molar-refractivity contribution in [1.29, 1.82) is 0 Å². The lowest BCUT2D eigenvalue weighted by Crippen LogP contribution is -2.54. The SMILES string of the molecule is CCOC(=O)[C@H]1[C@H]2CC[C@H](CC2)[C@@H]1NO. The summed E-state index contributed by atoms with van der Waals surface area (Å²) in [6, 6.07) is -0.0865. The average molecular weight is 213 g/mol. The number of fused-ring (bicyclic) bond motifs is 3. The van der Waals surface area contributed by atoms with Crippen LogP contribution in [0.3, 0.4) is 0 Å². The fraction of sp³-hybridized carbons (Fsp3) is 0.909. The Balaban J connectivity index is 2.10. The van der Waals surface area contributed by atoms with Crippen molar-refractivity contribution in [2.24, 2.45) is 17.8 Å². The first-order valence-corrected chi connectivity index (χ1v) is 5.84. The number of carbonyl (C=O) groups is 1. The average Bonchev–Trinajstić information content (AvgIpc) is 2.29. The third kappa shape index (κ3) is 1.88. The highest BCUT2D eigenvalue weighted by atomic mass is 16.5. The third-order valence-electron chi connectivity index (χ3n) is 3.93. The maximum absolute atomic E-state index is 11.8. The summed E-state index contributed by atoms with van der Waals surface area (Å²) in [6.45, 7) is 2.24. The minimum absolute atomic E-state index is 0.0865. The molecular weight excluding hydrogens is 194 g/mol. The monoisotopic (exact) mass is 213 g/mol. The molecule has 3 aliphatic carbocycles. The molecule has 3 saturated carbocycles. The van der Waals surface area contributed by atoms with Crippen molar-refractivity contribution in [3.05, 3.63) is 0 Å². The second-order valence-corrected chi connectivity index (χ2v) is 4.61. The van der Waals surface area contributed by atoms with Crippen LogP contribution in [0.5, 0.6) is 0 Å². The number of rotatable bonds is 3. The van der Waals surface area contributed by atoms with Crippen LogP contribution in [0, 0.1) is 17.8 Å². The van der Waals surface area contributed by atoms with Gasteiger partial charge in [0.15, 0.2) is 0 Å². The minimum atomic E-state index is -0.140. The molecule has 0 saturated heterocycles. The third-order valence-corrected chi connectivity index (χ3v) is 3.93. The number of esters is 1. The first-order chi connectivity index (χ1) is 7.27. The highest BCUT2D eigenvalue weighted by molar-refractivity contribution is 5.74. The maximum atomic E-state index is 11.8. The first kappa shape index (κ1) is 10.9. The Labute approximate surface area is 90.0 Å². The second kappa shape index (κ2) is 4.49. The predicted molar refractivity (Wildman–Crippen MR) is 54.3 cm³/mol. The Morgan fingerprint density at radius 3 is 2.47 bits per heavy atom. The molecule has 15 heavy (non-hydrogen) atoms. The number of hydrogen-bond donors (Lipinski definition) is 2. The van der Waals surface area contributed by atoms with E-state index < -0.39 is 0 Å². The zero-order chi connectivity index (χ0) is 10.8. The topological polar surface area (TPSA) is 58.6 Å². The highest BCUT2D eigenvalue weighted by Crippen LogP contribution is 2.45. The Morgan fingerprint density at radius 1 is 1.33 bits per heavy atom. The molecule has 0 heterocycles. The summed E-state index contributed by atoms with van der Waals surface area (Å²) in [4.78, 5) is 11.8. The van der Waals surface area contributed by atoms with E-state index in [4.69, 9.17) is 9.94 Å². The van der Waals surface area contributed by atoms with Gasteiger partial charge in [-0.05, 0) is 44.4 Å². The molecule has 2 atom stereocenters. The van der Waals surface area contributed by atoms with Crippen LogP contribution in [0.25, 0.3) is 0 Å². The summed E-state index contributed by atoms with van der Waals surface area (Å²) in [5.41, 5.74) is 2.32. The van der Waals surface area contributed by atoms with Crippen molar-refractivity contribution < 1.29 is 14.7 Å². The van der Waals surface area contributed by atoms with Crippen LogP contribution in [0.2, 0.25) is 0 Å². The van der Waals surface area contributed by atoms with Crippen LogP contribution < -0.4 is 5.48 Å². The molecule has 0 aromatic carbocycles. The number of nitrogens with one attached hydrogen (secondary N) is 1. The van der Waals surface area contributed by atoms with Crippen LogP contribution >= 0.6 is 0 Å². The zero-order valence-corrected chi connectivity index (χ0v) is 9.11. The number of hydrogen-bond acceptors (Lipinski definition) is 4. The van der Waals surface area contributed by atoms with Gasteiger partial charge in [0.2, 0.25) is 0 Å². The molecule has 0 amide bonds. The quantitative estimate of drug-likeness (QED) is 0.548. The standard InChI is InChI=1S/C11H19NO3/c1-2-15-11(13)9-7-3-5-8(6-4-7)10(9)12-14/h7-10,12,14H,2-6H2,1H3/t7-,8+,9-,10-/m0/s1. The molecule has 2 N–H and O–H groups in total. The van der Waals surface area contributed by atoms with E-state index in [9.17, 15) is 4.79 Å². The first-order valence-electron chi connectivity index (χ1n) is 5.84. The van der Waals surface area contributed by atoms with E-state index in [0.29, 0.717) is 18.4 Å². The van der Waals surface area contributed by atoms with Gasteiger partial charge < -0.3 is 9.94 Å². The van der Waals surface area contributed by atoms with E-state index in [-0.39, 0.29) is 17.9 Å². The van der Waals surface area contributed by atoms with Crippen molar-refractivity contribution in [2.75, 3.05) is 6.61 Å². The van der Waals surface area contributed by atoms with Crippen molar-refractivity contribution in [3.8, 4) is 0 Å². The van der Waals surface area contributed by atoms with E-state index in [1.54, 1.807) is 0 Å². The molecule has 0 aliphatic heterocycles. The van der Waals surface area contributed by atoms with Crippen molar-refractivity contribution in [2.45, 2.75) is 38.6 Å². The maximum Gasteiger partial charge on any atom is 0.310 e. The van der Waals surface area contributed by atoms with Gasteiger partial charge in [0.25, 0.3) is 0 Å². The van der Waals surface area contributed by atoms with Gasteiger partial charge in [-0.2, -0.15) is 0 Å². The summed E-state index contributed by atoms with van der Waals surface area (Å²) in [6.07, 6.45) is 4.45. The summed E-state index contributed by atoms with van der Waals surface area (Å²) in [7, 11) is 0. The summed E-state index contributed by atoms with van der Waals surface area (Å²) < 4.78 is 5.08. The van der Waals surface area contributed by atoms with Gasteiger partial charge in [-0.25, -0.2) is 5.48 Å². The number of carbonyl (C=O) groups excluding carboxylic acids is 1. The summed E-state index contributed by atoms with van der Waals surface area (Å²) in [5.74, 6) is 0.564. The lowest BCUT2D eigenvalue weighted by molar-refractivity contribution is -0.159. The second-order valence-electron chi connectivity index (χ2n) is 4.61. The molecule has 3 fully saturated rings. The minimum Gasteiger partial charge on any atom is -0.466 e. The largest absolute Gasteiger partial charge is 0.466 e. The lowest BCUT2D eigenvalue weighted by atomic mass is 9.62. The van der Waals surface area contributed by atoms with E-state index in [2.05, 4.69) is 5.48 Å². The van der Waals surface area contributed by atoms with Gasteiger partial charge in [-0.15, -0.1) is 0 Å². The summed E-state index contributed by atoms with van der Waals surface area (Å²) >= 11 is 0. The van der Waals surface area contributed by atoms with Gasteiger partial charge in [0.05, 0.1) is 12.5 Å². The molecule has 0 aromatic heterocycles. The van der Waals surface area contributed by atoms with Crippen LogP contribution in [0.4, 0.5) is 0 Å². The normalized spacial score (nSPS) is 39.1. The van der Waals surface area contributed by atoms with Crippen molar-refractivity contribution in [1.82, 2.24) is 5.48 Å². The molecule has 0 spiro atoms. The van der Waals surface area contributed by atoms with Gasteiger partial charge in [0, 0.05) is 6.04 Å². The Hall–Kier alpha value is -0.610. The van der Waals surface area contributed by atoms with Crippen LogP contribution in [0.15, 0.2) is 0 Å². The predicted octanol–water partition coefficient (Wildman–Crippen LogP) is 1.33. The van der Waals surface area contributed by atoms with Crippen LogP contribution in [-0.4, -0.2) is 23.8 Å². The van der Waals surface area contributed by atoms with E-state index in [1.807, 2.05) is 6.92 Å². The van der Waals surface area contributed by atoms with Gasteiger partial charge in [0.1, 0.15) is 0 Å². The van der Waals surface area contributed by atoms with Crippen molar-refractivity contribution in [3.63, 3.8) is 0 Å². The molecular formula is C11H19NO3. The Morgan fingerprint density at radius 2 is 1.93 bits per heavy atom. The zero-order valence-electron chi connectivity index (χ0n) is 9.11. The van der Waals surface area contributed by atoms with E-state index >= 15 is 0 Å². The smallest absolute Gasteiger partial charge is 0.310 e. The van der Waals surface area contributed by atoms with Crippen LogP contribution in [-0.2, 0) is 9.53 Å². The summed E-state index contributed by atoms with van der Waals surface area (Å²) in [5, 5.41) is 9.14. The Kier molecular flexibility index (Phi) is 3.26. The molecule has 86 valence electrons. The molecule has 3 aliphatic rings.